The summed E-state index contributed by atoms with van der Waals surface area (Å²) in [6.07, 6.45) is 2.11. The third-order valence-corrected chi connectivity index (χ3v) is 4.06. The van der Waals surface area contributed by atoms with Gasteiger partial charge in [-0.25, -0.2) is 0 Å². The Bertz CT molecular complexity index is 344. The molecule has 1 atom stereocenters. The lowest BCUT2D eigenvalue weighted by atomic mass is 10.1. The fraction of sp³-hybridized carbons (Fsp3) is 0.727. The van der Waals surface area contributed by atoms with E-state index in [2.05, 4.69) is 23.1 Å². The first kappa shape index (κ1) is 12.0. The summed E-state index contributed by atoms with van der Waals surface area (Å²) in [7, 11) is 1.97. The number of aromatic nitrogens is 2. The number of rotatable bonds is 3. The zero-order valence-electron chi connectivity index (χ0n) is 10.0. The third-order valence-electron chi connectivity index (χ3n) is 3.12. The maximum absolute atomic E-state index is 5.93. The smallest absolute Gasteiger partial charge is 0.0641 e. The molecule has 0 amide bonds. The van der Waals surface area contributed by atoms with Gasteiger partial charge in [0.05, 0.1) is 11.7 Å². The number of thioether (sulfide) groups is 1. The van der Waals surface area contributed by atoms with Gasteiger partial charge in [0.1, 0.15) is 0 Å². The summed E-state index contributed by atoms with van der Waals surface area (Å²) >= 11 is 2.03. The van der Waals surface area contributed by atoms with Crippen molar-refractivity contribution in [3.05, 3.63) is 17.5 Å². The van der Waals surface area contributed by atoms with E-state index in [4.69, 9.17) is 5.73 Å². The van der Waals surface area contributed by atoms with Crippen LogP contribution in [0.4, 0.5) is 0 Å². The molecule has 4 nitrogen and oxygen atoms in total. The van der Waals surface area contributed by atoms with E-state index in [-0.39, 0.29) is 0 Å². The van der Waals surface area contributed by atoms with Crippen molar-refractivity contribution < 1.29 is 0 Å². The van der Waals surface area contributed by atoms with E-state index in [0.29, 0.717) is 12.6 Å². The molecule has 1 unspecified atom stereocenters. The average Bonchev–Trinajstić information content (AvgIpc) is 2.61. The van der Waals surface area contributed by atoms with Crippen LogP contribution in [-0.4, -0.2) is 45.8 Å². The summed E-state index contributed by atoms with van der Waals surface area (Å²) in [5.74, 6) is 2.44. The van der Waals surface area contributed by atoms with Crippen molar-refractivity contribution in [2.45, 2.75) is 13.0 Å². The summed E-state index contributed by atoms with van der Waals surface area (Å²) < 4.78 is 1.88. The molecule has 1 fully saturated rings. The Balaban J connectivity index is 2.17. The molecule has 1 aromatic rings. The van der Waals surface area contributed by atoms with Crippen LogP contribution in [0.5, 0.6) is 0 Å². The number of hydrogen-bond donors (Lipinski definition) is 1. The molecule has 0 radical (unpaired) electrons. The molecule has 0 spiro atoms. The van der Waals surface area contributed by atoms with Crippen molar-refractivity contribution in [3.8, 4) is 0 Å². The molecule has 0 saturated carbocycles. The van der Waals surface area contributed by atoms with E-state index in [1.54, 1.807) is 0 Å². The summed E-state index contributed by atoms with van der Waals surface area (Å²) in [5, 5.41) is 4.40. The standard InChI is InChI=1S/C11H20N4S/c1-9-10(8-14(2)13-9)11(7-12)15-3-5-16-6-4-15/h8,11H,3-7,12H2,1-2H3. The van der Waals surface area contributed by atoms with Crippen molar-refractivity contribution in [2.75, 3.05) is 31.1 Å². The van der Waals surface area contributed by atoms with Crippen LogP contribution in [0.2, 0.25) is 0 Å². The maximum atomic E-state index is 5.93. The molecule has 0 aliphatic carbocycles. The molecule has 90 valence electrons. The maximum Gasteiger partial charge on any atom is 0.0641 e. The van der Waals surface area contributed by atoms with E-state index in [0.717, 1.165) is 18.8 Å². The Labute approximate surface area is 101 Å². The molecule has 0 bridgehead atoms. The lowest BCUT2D eigenvalue weighted by Gasteiger charge is -2.33. The number of aryl methyl sites for hydroxylation is 2. The normalized spacial score (nSPS) is 19.9. The van der Waals surface area contributed by atoms with Crippen LogP contribution in [0.25, 0.3) is 0 Å². The topological polar surface area (TPSA) is 47.1 Å². The van der Waals surface area contributed by atoms with Gasteiger partial charge in [-0.05, 0) is 6.92 Å². The van der Waals surface area contributed by atoms with E-state index in [9.17, 15) is 0 Å². The first-order valence-corrected chi connectivity index (χ1v) is 6.90. The molecule has 2 N–H and O–H groups in total. The first-order chi connectivity index (χ1) is 7.72. The average molecular weight is 240 g/mol. The van der Waals surface area contributed by atoms with E-state index < -0.39 is 0 Å². The second kappa shape index (κ2) is 5.21. The Hall–Kier alpha value is -0.520. The fourth-order valence-corrected chi connectivity index (χ4v) is 3.24. The minimum atomic E-state index is 0.342. The number of hydrogen-bond acceptors (Lipinski definition) is 4. The Morgan fingerprint density at radius 1 is 1.50 bits per heavy atom. The molecule has 2 rings (SSSR count). The van der Waals surface area contributed by atoms with Crippen molar-refractivity contribution in [1.29, 1.82) is 0 Å². The second-order valence-electron chi connectivity index (χ2n) is 4.24. The predicted molar refractivity (Wildman–Crippen MR) is 68.6 cm³/mol. The number of nitrogens with zero attached hydrogens (tertiary/aromatic N) is 3. The van der Waals surface area contributed by atoms with Gasteiger partial charge in [0.2, 0.25) is 0 Å². The minimum Gasteiger partial charge on any atom is -0.329 e. The van der Waals surface area contributed by atoms with Gasteiger partial charge < -0.3 is 5.73 Å². The quantitative estimate of drug-likeness (QED) is 0.848. The van der Waals surface area contributed by atoms with Gasteiger partial charge >= 0.3 is 0 Å². The summed E-state index contributed by atoms with van der Waals surface area (Å²) in [4.78, 5) is 2.49. The van der Waals surface area contributed by atoms with Gasteiger partial charge in [-0.15, -0.1) is 0 Å². The minimum absolute atomic E-state index is 0.342. The molecule has 16 heavy (non-hydrogen) atoms. The van der Waals surface area contributed by atoms with Crippen LogP contribution in [0.15, 0.2) is 6.20 Å². The highest BCUT2D eigenvalue weighted by Crippen LogP contribution is 2.24. The van der Waals surface area contributed by atoms with Gasteiger partial charge in [-0.3, -0.25) is 9.58 Å². The van der Waals surface area contributed by atoms with Crippen LogP contribution in [-0.2, 0) is 7.05 Å². The van der Waals surface area contributed by atoms with Crippen molar-refractivity contribution in [1.82, 2.24) is 14.7 Å². The van der Waals surface area contributed by atoms with Gasteiger partial charge in [-0.1, -0.05) is 0 Å². The highest BCUT2D eigenvalue weighted by molar-refractivity contribution is 7.99. The third kappa shape index (κ3) is 2.42. The van der Waals surface area contributed by atoms with Gasteiger partial charge in [0.15, 0.2) is 0 Å². The lowest BCUT2D eigenvalue weighted by Crippen LogP contribution is -2.39. The largest absolute Gasteiger partial charge is 0.329 e. The highest BCUT2D eigenvalue weighted by atomic mass is 32.2. The Morgan fingerprint density at radius 3 is 2.69 bits per heavy atom. The molecule has 2 heterocycles. The van der Waals surface area contributed by atoms with Crippen LogP contribution < -0.4 is 5.73 Å². The summed E-state index contributed by atoms with van der Waals surface area (Å²) in [6, 6.07) is 0.342. The lowest BCUT2D eigenvalue weighted by molar-refractivity contribution is 0.222. The molecule has 1 aliphatic heterocycles. The van der Waals surface area contributed by atoms with Gasteiger partial charge in [0, 0.05) is 49.9 Å². The summed E-state index contributed by atoms with van der Waals surface area (Å²) in [5.41, 5.74) is 8.32. The first-order valence-electron chi connectivity index (χ1n) is 5.74. The monoisotopic (exact) mass is 240 g/mol. The molecule has 1 aromatic heterocycles. The summed E-state index contributed by atoms with van der Waals surface area (Å²) in [6.45, 7) is 5.02. The zero-order chi connectivity index (χ0) is 11.5. The SMILES string of the molecule is Cc1nn(C)cc1C(CN)N1CCSCC1. The fourth-order valence-electron chi connectivity index (χ4n) is 2.31. The van der Waals surface area contributed by atoms with Crippen LogP contribution in [0, 0.1) is 6.92 Å². The zero-order valence-corrected chi connectivity index (χ0v) is 10.8. The van der Waals surface area contributed by atoms with E-state index in [1.807, 2.05) is 23.5 Å². The molecule has 1 aliphatic rings. The second-order valence-corrected chi connectivity index (χ2v) is 5.47. The van der Waals surface area contributed by atoms with Gasteiger partial charge in [-0.2, -0.15) is 16.9 Å². The van der Waals surface area contributed by atoms with E-state index >= 15 is 0 Å². The molecule has 1 saturated heterocycles. The van der Waals surface area contributed by atoms with Crippen molar-refractivity contribution in [2.24, 2.45) is 12.8 Å². The predicted octanol–water partition coefficient (Wildman–Crippen LogP) is 0.777. The number of nitrogens with two attached hydrogens (primary N) is 1. The van der Waals surface area contributed by atoms with Gasteiger partial charge in [0.25, 0.3) is 0 Å². The van der Waals surface area contributed by atoms with Crippen molar-refractivity contribution in [3.63, 3.8) is 0 Å². The molecule has 0 aromatic carbocycles. The molecular weight excluding hydrogens is 220 g/mol. The van der Waals surface area contributed by atoms with Crippen LogP contribution >= 0.6 is 11.8 Å². The molecular formula is C11H20N4S. The molecule has 5 heteroatoms. The van der Waals surface area contributed by atoms with Crippen LogP contribution in [0.1, 0.15) is 17.3 Å². The van der Waals surface area contributed by atoms with E-state index in [1.165, 1.54) is 17.1 Å². The van der Waals surface area contributed by atoms with Crippen LogP contribution in [0.3, 0.4) is 0 Å². The highest BCUT2D eigenvalue weighted by Gasteiger charge is 2.23. The Morgan fingerprint density at radius 2 is 2.19 bits per heavy atom. The van der Waals surface area contributed by atoms with Crippen molar-refractivity contribution >= 4 is 11.8 Å². The Kier molecular flexibility index (Phi) is 3.89.